The number of hydrogen-bond acceptors (Lipinski definition) is 5. The van der Waals surface area contributed by atoms with Gasteiger partial charge < -0.3 is 4.74 Å². The molecule has 0 radical (unpaired) electrons. The highest BCUT2D eigenvalue weighted by Gasteiger charge is 2.38. The van der Waals surface area contributed by atoms with Crippen molar-refractivity contribution in [3.8, 4) is 5.75 Å². The van der Waals surface area contributed by atoms with Crippen molar-refractivity contribution < 1.29 is 9.53 Å². The maximum atomic E-state index is 13.0. The number of aliphatic imine (C=N–C) groups is 1. The Morgan fingerprint density at radius 1 is 0.862 bits per heavy atom. The highest BCUT2D eigenvalue weighted by molar-refractivity contribution is 6.20. The summed E-state index contributed by atoms with van der Waals surface area (Å²) < 4.78 is 5.15. The lowest BCUT2D eigenvalue weighted by molar-refractivity contribution is -0.117. The molecule has 144 valence electrons. The summed E-state index contributed by atoms with van der Waals surface area (Å²) in [6.45, 7) is 0. The van der Waals surface area contributed by atoms with Crippen molar-refractivity contribution in [1.82, 2.24) is 5.43 Å². The van der Waals surface area contributed by atoms with Crippen LogP contribution in [0.15, 0.2) is 100 Å². The molecule has 1 aliphatic rings. The summed E-state index contributed by atoms with van der Waals surface area (Å²) in [5, 5.41) is 9.96. The number of hydrazine groups is 1. The molecule has 0 bridgehead atoms. The molecule has 7 heteroatoms. The fourth-order valence-electron chi connectivity index (χ4n) is 2.84. The summed E-state index contributed by atoms with van der Waals surface area (Å²) >= 11 is 0. The van der Waals surface area contributed by atoms with Crippen molar-refractivity contribution in [1.29, 1.82) is 0 Å². The second-order valence-electron chi connectivity index (χ2n) is 6.27. The van der Waals surface area contributed by atoms with Crippen LogP contribution in [0.25, 0.3) is 0 Å². The normalized spacial score (nSPS) is 17.7. The van der Waals surface area contributed by atoms with Crippen LogP contribution in [0, 0.1) is 0 Å². The fraction of sp³-hybridized carbons (Fsp3) is 0.0909. The zero-order valence-corrected chi connectivity index (χ0v) is 15.8. The number of amidine groups is 1. The molecule has 0 aliphatic carbocycles. The number of benzene rings is 3. The topological polar surface area (TPSA) is 78.7 Å². The quantitative estimate of drug-likeness (QED) is 0.660. The molecule has 7 nitrogen and oxygen atoms in total. The van der Waals surface area contributed by atoms with E-state index in [1.165, 1.54) is 5.01 Å². The summed E-state index contributed by atoms with van der Waals surface area (Å²) in [5.41, 5.74) is 5.12. The highest BCUT2D eigenvalue weighted by atomic mass is 16.5. The molecule has 1 atom stereocenters. The van der Waals surface area contributed by atoms with Crippen molar-refractivity contribution in [2.75, 3.05) is 12.1 Å². The molecule has 1 N–H and O–H groups in total. The van der Waals surface area contributed by atoms with Gasteiger partial charge >= 0.3 is 0 Å². The number of rotatable bonds is 5. The number of ether oxygens (including phenoxy) is 1. The number of hydrogen-bond donors (Lipinski definition) is 1. The predicted molar refractivity (Wildman–Crippen MR) is 112 cm³/mol. The molecule has 0 unspecified atom stereocenters. The van der Waals surface area contributed by atoms with E-state index < -0.39 is 6.04 Å². The van der Waals surface area contributed by atoms with E-state index in [2.05, 4.69) is 20.6 Å². The van der Waals surface area contributed by atoms with Crippen LogP contribution in [-0.2, 0) is 4.79 Å². The van der Waals surface area contributed by atoms with Gasteiger partial charge in [0.2, 0.25) is 6.04 Å². The van der Waals surface area contributed by atoms with Crippen LogP contribution in [0.1, 0.15) is 0 Å². The zero-order valence-electron chi connectivity index (χ0n) is 15.8. The summed E-state index contributed by atoms with van der Waals surface area (Å²) in [7, 11) is 1.60. The molecule has 0 aromatic heterocycles. The minimum absolute atomic E-state index is 0.247. The van der Waals surface area contributed by atoms with Gasteiger partial charge in [-0.25, -0.2) is 10.0 Å². The monoisotopic (exact) mass is 385 g/mol. The number of amides is 1. The molecule has 0 saturated carbocycles. The Morgan fingerprint density at radius 3 is 2.17 bits per heavy atom. The van der Waals surface area contributed by atoms with E-state index in [0.717, 1.165) is 11.4 Å². The van der Waals surface area contributed by atoms with Gasteiger partial charge in [-0.2, -0.15) is 10.2 Å². The van der Waals surface area contributed by atoms with Crippen LogP contribution >= 0.6 is 0 Å². The number of azo groups is 1. The maximum absolute atomic E-state index is 13.0. The molecule has 1 heterocycles. The van der Waals surface area contributed by atoms with Gasteiger partial charge in [0.15, 0.2) is 5.84 Å². The third-order valence-electron chi connectivity index (χ3n) is 4.32. The lowest BCUT2D eigenvalue weighted by Crippen LogP contribution is -2.35. The van der Waals surface area contributed by atoms with E-state index in [-0.39, 0.29) is 5.91 Å². The Balaban J connectivity index is 1.66. The molecule has 3 aromatic rings. The summed E-state index contributed by atoms with van der Waals surface area (Å²) in [6.07, 6.45) is 0. The molecule has 1 amide bonds. The first-order valence-electron chi connectivity index (χ1n) is 9.09. The minimum Gasteiger partial charge on any atom is -0.497 e. The molecular formula is C22H19N5O2. The fourth-order valence-corrected chi connectivity index (χ4v) is 2.84. The van der Waals surface area contributed by atoms with Crippen LogP contribution in [0.3, 0.4) is 0 Å². The summed E-state index contributed by atoms with van der Waals surface area (Å²) in [5.74, 6) is 0.898. The number of carbonyl (C=O) groups is 1. The summed E-state index contributed by atoms with van der Waals surface area (Å²) in [6, 6.07) is 25.0. The van der Waals surface area contributed by atoms with E-state index >= 15 is 0 Å². The molecule has 1 fully saturated rings. The Morgan fingerprint density at radius 2 is 1.52 bits per heavy atom. The van der Waals surface area contributed by atoms with Crippen LogP contribution < -0.4 is 15.2 Å². The molecular weight excluding hydrogens is 366 g/mol. The lowest BCUT2D eigenvalue weighted by Gasteiger charge is -2.15. The van der Waals surface area contributed by atoms with Crippen LogP contribution in [0.2, 0.25) is 0 Å². The maximum Gasteiger partial charge on any atom is 0.280 e. The van der Waals surface area contributed by atoms with Gasteiger partial charge in [-0.15, -0.1) is 0 Å². The minimum atomic E-state index is -0.863. The number of carbonyl (C=O) groups excluding carboxylic acids is 1. The standard InChI is InChI=1S/C22H19N5O2/c1-29-19-14-12-17(13-15-19)24-25-20-21(23-16-8-4-2-5-9-16)26-27(22(20)28)18-10-6-3-7-11-18/h2-15,20H,1H3,(H,23,26)/t20-/m1/s1. The summed E-state index contributed by atoms with van der Waals surface area (Å²) in [4.78, 5) is 17.6. The Hall–Kier alpha value is -4.00. The first-order valence-corrected chi connectivity index (χ1v) is 9.09. The highest BCUT2D eigenvalue weighted by Crippen LogP contribution is 2.23. The van der Waals surface area contributed by atoms with E-state index in [1.807, 2.05) is 60.7 Å². The van der Waals surface area contributed by atoms with Gasteiger partial charge in [0.05, 0.1) is 24.2 Å². The molecule has 29 heavy (non-hydrogen) atoms. The van der Waals surface area contributed by atoms with Gasteiger partial charge in [0, 0.05) is 0 Å². The smallest absolute Gasteiger partial charge is 0.280 e. The Bertz CT molecular complexity index is 1030. The number of nitrogens with zero attached hydrogens (tertiary/aromatic N) is 4. The van der Waals surface area contributed by atoms with Crippen molar-refractivity contribution >= 4 is 28.8 Å². The Labute approximate surface area is 168 Å². The molecule has 1 aliphatic heterocycles. The molecule has 3 aromatic carbocycles. The van der Waals surface area contributed by atoms with Crippen LogP contribution in [0.5, 0.6) is 5.75 Å². The second kappa shape index (κ2) is 8.35. The van der Waals surface area contributed by atoms with Gasteiger partial charge in [-0.3, -0.25) is 10.2 Å². The first kappa shape index (κ1) is 18.4. The van der Waals surface area contributed by atoms with Crippen molar-refractivity contribution in [3.05, 3.63) is 84.9 Å². The third kappa shape index (κ3) is 4.14. The van der Waals surface area contributed by atoms with Gasteiger partial charge in [-0.1, -0.05) is 36.4 Å². The number of anilines is 1. The predicted octanol–water partition coefficient (Wildman–Crippen LogP) is 4.43. The average Bonchev–Trinajstić information content (AvgIpc) is 3.09. The molecule has 0 spiro atoms. The van der Waals surface area contributed by atoms with E-state index in [0.29, 0.717) is 17.2 Å². The largest absolute Gasteiger partial charge is 0.497 e. The molecule has 4 rings (SSSR count). The number of para-hydroxylation sites is 2. The van der Waals surface area contributed by atoms with Crippen molar-refractivity contribution in [2.24, 2.45) is 15.2 Å². The lowest BCUT2D eigenvalue weighted by atomic mass is 10.2. The van der Waals surface area contributed by atoms with Crippen molar-refractivity contribution in [2.45, 2.75) is 6.04 Å². The number of nitrogens with one attached hydrogen (secondary N) is 1. The molecule has 1 saturated heterocycles. The van der Waals surface area contributed by atoms with Gasteiger partial charge in [0.25, 0.3) is 5.91 Å². The van der Waals surface area contributed by atoms with Crippen LogP contribution in [-0.4, -0.2) is 24.9 Å². The zero-order chi connectivity index (χ0) is 20.1. The van der Waals surface area contributed by atoms with E-state index in [4.69, 9.17) is 4.74 Å². The third-order valence-corrected chi connectivity index (χ3v) is 4.32. The second-order valence-corrected chi connectivity index (χ2v) is 6.27. The SMILES string of the molecule is COc1ccc(N=N[C@H]2C(=O)N(c3ccccc3)NC2=Nc2ccccc2)cc1. The van der Waals surface area contributed by atoms with Crippen molar-refractivity contribution in [3.63, 3.8) is 0 Å². The van der Waals surface area contributed by atoms with E-state index in [1.54, 1.807) is 31.4 Å². The Kier molecular flexibility index (Phi) is 5.29. The number of methoxy groups -OCH3 is 1. The first-order chi connectivity index (χ1) is 14.2. The average molecular weight is 385 g/mol. The van der Waals surface area contributed by atoms with Crippen LogP contribution in [0.4, 0.5) is 17.1 Å². The van der Waals surface area contributed by atoms with Gasteiger partial charge in [-0.05, 0) is 48.5 Å². The van der Waals surface area contributed by atoms with E-state index in [9.17, 15) is 4.79 Å². The van der Waals surface area contributed by atoms with Gasteiger partial charge in [0.1, 0.15) is 5.75 Å².